The molecule has 0 N–H and O–H groups in total. The molecule has 25 heavy (non-hydrogen) atoms. The van der Waals surface area contributed by atoms with Gasteiger partial charge in [0.1, 0.15) is 6.07 Å². The zero-order valence-corrected chi connectivity index (χ0v) is 16.0. The molecular weight excluding hydrogens is 402 g/mol. The maximum absolute atomic E-state index is 11.6. The summed E-state index contributed by atoms with van der Waals surface area (Å²) in [5, 5.41) is 13.5. The summed E-state index contributed by atoms with van der Waals surface area (Å²) in [7, 11) is -3.25. The fraction of sp³-hybridized carbons (Fsp3) is 0.111. The van der Waals surface area contributed by atoms with Crippen molar-refractivity contribution in [2.24, 2.45) is 0 Å². The van der Waals surface area contributed by atoms with E-state index in [0.29, 0.717) is 5.69 Å². The van der Waals surface area contributed by atoms with Gasteiger partial charge in [0, 0.05) is 22.4 Å². The highest BCUT2D eigenvalue weighted by Gasteiger charge is 2.14. The van der Waals surface area contributed by atoms with Crippen molar-refractivity contribution in [2.75, 3.05) is 6.26 Å². The first-order valence-corrected chi connectivity index (χ1v) is 10.1. The fourth-order valence-corrected chi connectivity index (χ4v) is 3.35. The van der Waals surface area contributed by atoms with E-state index < -0.39 is 9.84 Å². The molecule has 0 aliphatic heterocycles. The predicted molar refractivity (Wildman–Crippen MR) is 99.3 cm³/mol. The molecule has 0 atom stereocenters. The van der Waals surface area contributed by atoms with E-state index in [1.165, 1.54) is 6.26 Å². The molecule has 0 saturated carbocycles. The maximum atomic E-state index is 11.6. The van der Waals surface area contributed by atoms with Crippen LogP contribution in [-0.4, -0.2) is 24.5 Å². The molecule has 0 amide bonds. The molecular formula is C18H14BrN3O2S. The Labute approximate surface area is 154 Å². The standard InChI is InChI=1S/C18H14BrN3O2S/c1-12-9-15(5-8-17(12)19)22-18(10-14(11-20)21-22)13-3-6-16(7-4-13)25(2,23)24/h3-10H,1-2H3. The van der Waals surface area contributed by atoms with Crippen molar-refractivity contribution in [3.63, 3.8) is 0 Å². The number of aryl methyl sites for hydroxylation is 1. The van der Waals surface area contributed by atoms with Crippen molar-refractivity contribution in [1.29, 1.82) is 5.26 Å². The van der Waals surface area contributed by atoms with Crippen LogP contribution in [0.2, 0.25) is 0 Å². The predicted octanol–water partition coefficient (Wildman–Crippen LogP) is 3.89. The highest BCUT2D eigenvalue weighted by molar-refractivity contribution is 9.10. The summed E-state index contributed by atoms with van der Waals surface area (Å²) in [5.74, 6) is 0. The molecule has 0 saturated heterocycles. The van der Waals surface area contributed by atoms with E-state index in [-0.39, 0.29) is 4.90 Å². The minimum absolute atomic E-state index is 0.252. The lowest BCUT2D eigenvalue weighted by Crippen LogP contribution is -2.01. The summed E-state index contributed by atoms with van der Waals surface area (Å²) < 4.78 is 25.9. The first-order chi connectivity index (χ1) is 11.8. The van der Waals surface area contributed by atoms with Gasteiger partial charge in [-0.25, -0.2) is 13.1 Å². The van der Waals surface area contributed by atoms with E-state index in [0.717, 1.165) is 27.0 Å². The monoisotopic (exact) mass is 415 g/mol. The number of hydrogen-bond acceptors (Lipinski definition) is 4. The molecule has 5 nitrogen and oxygen atoms in total. The summed E-state index contributed by atoms with van der Waals surface area (Å²) in [6.07, 6.45) is 1.17. The summed E-state index contributed by atoms with van der Waals surface area (Å²) in [5.41, 5.74) is 3.66. The lowest BCUT2D eigenvalue weighted by atomic mass is 10.1. The molecule has 0 aliphatic rings. The van der Waals surface area contributed by atoms with Crippen molar-refractivity contribution >= 4 is 25.8 Å². The molecule has 0 fully saturated rings. The molecule has 3 aromatic rings. The van der Waals surface area contributed by atoms with Crippen LogP contribution in [0.4, 0.5) is 0 Å². The Kier molecular flexibility index (Phi) is 4.50. The highest BCUT2D eigenvalue weighted by Crippen LogP contribution is 2.27. The smallest absolute Gasteiger partial charge is 0.175 e. The lowest BCUT2D eigenvalue weighted by molar-refractivity contribution is 0.602. The number of nitrogens with zero attached hydrogens (tertiary/aromatic N) is 3. The largest absolute Gasteiger partial charge is 0.232 e. The van der Waals surface area contributed by atoms with E-state index in [1.807, 2.05) is 25.1 Å². The lowest BCUT2D eigenvalue weighted by Gasteiger charge is -2.09. The Hall–Kier alpha value is -2.43. The van der Waals surface area contributed by atoms with E-state index in [9.17, 15) is 13.7 Å². The van der Waals surface area contributed by atoms with Gasteiger partial charge in [-0.2, -0.15) is 10.4 Å². The second-order valence-electron chi connectivity index (χ2n) is 5.67. The summed E-state index contributed by atoms with van der Waals surface area (Å²) in [4.78, 5) is 0.252. The number of halogens is 1. The van der Waals surface area contributed by atoms with Crippen LogP contribution in [0.1, 0.15) is 11.3 Å². The third-order valence-electron chi connectivity index (χ3n) is 3.79. The molecule has 3 rings (SSSR count). The summed E-state index contributed by atoms with van der Waals surface area (Å²) in [6.45, 7) is 1.98. The first-order valence-electron chi connectivity index (χ1n) is 7.37. The molecule has 2 aromatic carbocycles. The Bertz CT molecular complexity index is 1090. The molecule has 126 valence electrons. The number of nitriles is 1. The molecule has 0 radical (unpaired) electrons. The molecule has 7 heteroatoms. The molecule has 1 aromatic heterocycles. The topological polar surface area (TPSA) is 75.8 Å². The zero-order valence-electron chi connectivity index (χ0n) is 13.6. The molecule has 0 bridgehead atoms. The molecule has 0 spiro atoms. The van der Waals surface area contributed by atoms with E-state index >= 15 is 0 Å². The van der Waals surface area contributed by atoms with Gasteiger partial charge in [0.2, 0.25) is 0 Å². The number of benzene rings is 2. The Morgan fingerprint density at radius 1 is 1.12 bits per heavy atom. The van der Waals surface area contributed by atoms with Crippen LogP contribution in [0.3, 0.4) is 0 Å². The van der Waals surface area contributed by atoms with Gasteiger partial charge < -0.3 is 0 Å². The van der Waals surface area contributed by atoms with Crippen LogP contribution in [0, 0.1) is 18.3 Å². The van der Waals surface area contributed by atoms with Gasteiger partial charge in [0.05, 0.1) is 16.3 Å². The van der Waals surface area contributed by atoms with Crippen molar-refractivity contribution in [3.8, 4) is 23.0 Å². The van der Waals surface area contributed by atoms with Crippen LogP contribution in [0.15, 0.2) is 57.9 Å². The summed E-state index contributed by atoms with van der Waals surface area (Å²) in [6, 6.07) is 16.1. The van der Waals surface area contributed by atoms with Crippen molar-refractivity contribution in [3.05, 3.63) is 64.3 Å². The van der Waals surface area contributed by atoms with Crippen molar-refractivity contribution < 1.29 is 8.42 Å². The van der Waals surface area contributed by atoms with Gasteiger partial charge in [-0.3, -0.25) is 0 Å². The SMILES string of the molecule is Cc1cc(-n2nc(C#N)cc2-c2ccc(S(C)(=O)=O)cc2)ccc1Br. The van der Waals surface area contributed by atoms with Crippen LogP contribution in [-0.2, 0) is 9.84 Å². The van der Waals surface area contributed by atoms with E-state index in [4.69, 9.17) is 0 Å². The van der Waals surface area contributed by atoms with Gasteiger partial charge >= 0.3 is 0 Å². The third-order valence-corrected chi connectivity index (χ3v) is 5.81. The second kappa shape index (κ2) is 6.47. The van der Waals surface area contributed by atoms with E-state index in [2.05, 4.69) is 27.1 Å². The molecule has 1 heterocycles. The van der Waals surface area contributed by atoms with E-state index in [1.54, 1.807) is 35.0 Å². The van der Waals surface area contributed by atoms with Crippen LogP contribution >= 0.6 is 15.9 Å². The quantitative estimate of drug-likeness (QED) is 0.649. The second-order valence-corrected chi connectivity index (χ2v) is 8.54. The number of rotatable bonds is 3. The van der Waals surface area contributed by atoms with Crippen LogP contribution in [0.5, 0.6) is 0 Å². The average Bonchev–Trinajstić information content (AvgIpc) is 3.01. The van der Waals surface area contributed by atoms with Gasteiger partial charge in [-0.15, -0.1) is 0 Å². The number of hydrogen-bond donors (Lipinski definition) is 0. The average molecular weight is 416 g/mol. The third kappa shape index (κ3) is 3.50. The zero-order chi connectivity index (χ0) is 18.2. The normalized spacial score (nSPS) is 11.3. The summed E-state index contributed by atoms with van der Waals surface area (Å²) >= 11 is 3.47. The number of sulfone groups is 1. The minimum atomic E-state index is -3.25. The highest BCUT2D eigenvalue weighted by atomic mass is 79.9. The molecule has 0 unspecified atom stereocenters. The maximum Gasteiger partial charge on any atom is 0.175 e. The number of aromatic nitrogens is 2. The van der Waals surface area contributed by atoms with Gasteiger partial charge in [0.25, 0.3) is 0 Å². The first kappa shape index (κ1) is 17.4. The van der Waals surface area contributed by atoms with Crippen molar-refractivity contribution in [2.45, 2.75) is 11.8 Å². The van der Waals surface area contributed by atoms with Gasteiger partial charge in [-0.05, 0) is 42.8 Å². The Balaban J connectivity index is 2.15. The van der Waals surface area contributed by atoms with Crippen LogP contribution in [0.25, 0.3) is 16.9 Å². The Morgan fingerprint density at radius 3 is 2.36 bits per heavy atom. The molecule has 0 aliphatic carbocycles. The Morgan fingerprint density at radius 2 is 1.80 bits per heavy atom. The van der Waals surface area contributed by atoms with Crippen LogP contribution < -0.4 is 0 Å². The fourth-order valence-electron chi connectivity index (χ4n) is 2.47. The van der Waals surface area contributed by atoms with Gasteiger partial charge in [0.15, 0.2) is 15.5 Å². The minimum Gasteiger partial charge on any atom is -0.232 e. The van der Waals surface area contributed by atoms with Crippen molar-refractivity contribution in [1.82, 2.24) is 9.78 Å². The van der Waals surface area contributed by atoms with Gasteiger partial charge in [-0.1, -0.05) is 28.1 Å².